The molecule has 0 aliphatic carbocycles. The van der Waals surface area contributed by atoms with Crippen LogP contribution in [-0.4, -0.2) is 9.91 Å². The zero-order chi connectivity index (χ0) is 15.6. The van der Waals surface area contributed by atoms with Crippen LogP contribution in [0.5, 0.6) is 0 Å². The van der Waals surface area contributed by atoms with Crippen molar-refractivity contribution in [3.05, 3.63) is 59.9 Å². The SMILES string of the molecule is Cc1cnc(CNc2ccc(I)cc2Cl)c(C)c1[N+](=O)[O-]. The van der Waals surface area contributed by atoms with Crippen LogP contribution in [0.4, 0.5) is 11.4 Å². The van der Waals surface area contributed by atoms with Crippen molar-refractivity contribution in [3.8, 4) is 0 Å². The third-order valence-corrected chi connectivity index (χ3v) is 4.12. The maximum atomic E-state index is 11.1. The fourth-order valence-electron chi connectivity index (χ4n) is 2.04. The first kappa shape index (κ1) is 16.0. The maximum Gasteiger partial charge on any atom is 0.278 e. The van der Waals surface area contributed by atoms with Crippen LogP contribution in [0.2, 0.25) is 5.02 Å². The van der Waals surface area contributed by atoms with Crippen molar-refractivity contribution in [1.29, 1.82) is 0 Å². The van der Waals surface area contributed by atoms with E-state index in [1.54, 1.807) is 13.8 Å². The molecule has 5 nitrogen and oxygen atoms in total. The molecule has 1 aromatic heterocycles. The monoisotopic (exact) mass is 417 g/mol. The van der Waals surface area contributed by atoms with Crippen LogP contribution in [0.15, 0.2) is 24.4 Å². The molecule has 0 aliphatic rings. The minimum atomic E-state index is -0.367. The van der Waals surface area contributed by atoms with Gasteiger partial charge in [0.15, 0.2) is 0 Å². The standard InChI is InChI=1S/C14H13ClIN3O2/c1-8-6-17-13(9(2)14(8)19(20)21)7-18-12-4-3-10(16)5-11(12)15/h3-6,18H,7H2,1-2H3. The highest BCUT2D eigenvalue weighted by atomic mass is 127. The van der Waals surface area contributed by atoms with Gasteiger partial charge in [0, 0.05) is 15.3 Å². The maximum absolute atomic E-state index is 11.1. The number of pyridine rings is 1. The van der Waals surface area contributed by atoms with Gasteiger partial charge < -0.3 is 5.32 Å². The first-order valence-electron chi connectivity index (χ1n) is 6.18. The lowest BCUT2D eigenvalue weighted by atomic mass is 10.1. The molecule has 0 atom stereocenters. The highest BCUT2D eigenvalue weighted by Gasteiger charge is 2.18. The number of aromatic nitrogens is 1. The number of anilines is 1. The molecule has 0 saturated carbocycles. The molecule has 0 aliphatic heterocycles. The van der Waals surface area contributed by atoms with E-state index in [2.05, 4.69) is 32.9 Å². The number of benzene rings is 1. The van der Waals surface area contributed by atoms with Crippen molar-refractivity contribution in [3.63, 3.8) is 0 Å². The van der Waals surface area contributed by atoms with E-state index in [1.165, 1.54) is 6.20 Å². The molecule has 7 heteroatoms. The molecule has 2 rings (SSSR count). The van der Waals surface area contributed by atoms with Gasteiger partial charge in [0.1, 0.15) is 0 Å². The molecule has 0 radical (unpaired) electrons. The summed E-state index contributed by atoms with van der Waals surface area (Å²) in [6.07, 6.45) is 1.53. The van der Waals surface area contributed by atoms with Gasteiger partial charge in [0.05, 0.1) is 33.4 Å². The third kappa shape index (κ3) is 3.62. The van der Waals surface area contributed by atoms with E-state index in [9.17, 15) is 10.1 Å². The quantitative estimate of drug-likeness (QED) is 0.452. The zero-order valence-corrected chi connectivity index (χ0v) is 14.4. The molecule has 110 valence electrons. The molecular weight excluding hydrogens is 405 g/mol. The number of nitrogens with one attached hydrogen (secondary N) is 1. The lowest BCUT2D eigenvalue weighted by molar-refractivity contribution is -0.386. The summed E-state index contributed by atoms with van der Waals surface area (Å²) in [5.41, 5.74) is 2.68. The molecule has 1 N–H and O–H groups in total. The number of halogens is 2. The van der Waals surface area contributed by atoms with Crippen LogP contribution < -0.4 is 5.32 Å². The van der Waals surface area contributed by atoms with Crippen LogP contribution >= 0.6 is 34.2 Å². The first-order chi connectivity index (χ1) is 9.90. The Morgan fingerprint density at radius 3 is 2.76 bits per heavy atom. The second kappa shape index (κ2) is 6.57. The van der Waals surface area contributed by atoms with E-state index < -0.39 is 0 Å². The predicted octanol–water partition coefficient (Wildman–Crippen LogP) is 4.48. The van der Waals surface area contributed by atoms with Crippen LogP contribution in [0.3, 0.4) is 0 Å². The van der Waals surface area contributed by atoms with Gasteiger partial charge in [-0.15, -0.1) is 0 Å². The Bertz CT molecular complexity index is 707. The van der Waals surface area contributed by atoms with Gasteiger partial charge >= 0.3 is 0 Å². The van der Waals surface area contributed by atoms with Gasteiger partial charge in [-0.2, -0.15) is 0 Å². The first-order valence-corrected chi connectivity index (χ1v) is 7.64. The van der Waals surface area contributed by atoms with Crippen molar-refractivity contribution >= 4 is 45.6 Å². The Balaban J connectivity index is 2.24. The summed E-state index contributed by atoms with van der Waals surface area (Å²) in [6, 6.07) is 5.66. The third-order valence-electron chi connectivity index (χ3n) is 3.14. The Kier molecular flexibility index (Phi) is 5.00. The summed E-state index contributed by atoms with van der Waals surface area (Å²) in [7, 11) is 0. The van der Waals surface area contributed by atoms with Gasteiger partial charge in [0.2, 0.25) is 0 Å². The van der Waals surface area contributed by atoms with E-state index in [0.717, 1.165) is 9.26 Å². The van der Waals surface area contributed by atoms with Crippen molar-refractivity contribution in [1.82, 2.24) is 4.98 Å². The zero-order valence-electron chi connectivity index (χ0n) is 11.5. The Morgan fingerprint density at radius 2 is 2.14 bits per heavy atom. The van der Waals surface area contributed by atoms with Gasteiger partial charge in [-0.3, -0.25) is 15.1 Å². The number of nitrogens with zero attached hydrogens (tertiary/aromatic N) is 2. The van der Waals surface area contributed by atoms with Crippen LogP contribution in [-0.2, 0) is 6.54 Å². The summed E-state index contributed by atoms with van der Waals surface area (Å²) < 4.78 is 1.04. The van der Waals surface area contributed by atoms with Gasteiger partial charge in [-0.05, 0) is 54.6 Å². The van der Waals surface area contributed by atoms with Crippen LogP contribution in [0.25, 0.3) is 0 Å². The Hall–Kier alpha value is -1.41. The summed E-state index contributed by atoms with van der Waals surface area (Å²) in [5.74, 6) is 0. The number of nitro groups is 1. The molecule has 0 saturated heterocycles. The van der Waals surface area contributed by atoms with Gasteiger partial charge in [-0.25, -0.2) is 0 Å². The fraction of sp³-hybridized carbons (Fsp3) is 0.214. The number of hydrogen-bond donors (Lipinski definition) is 1. The van der Waals surface area contributed by atoms with Crippen molar-refractivity contribution in [2.75, 3.05) is 5.32 Å². The van der Waals surface area contributed by atoms with E-state index in [-0.39, 0.29) is 10.6 Å². The average molecular weight is 418 g/mol. The molecule has 21 heavy (non-hydrogen) atoms. The molecule has 0 fully saturated rings. The number of aryl methyl sites for hydroxylation is 1. The minimum absolute atomic E-state index is 0.121. The molecular formula is C14H13ClIN3O2. The molecule has 1 heterocycles. The second-order valence-corrected chi connectivity index (χ2v) is 6.25. The van der Waals surface area contributed by atoms with Crippen LogP contribution in [0, 0.1) is 27.5 Å². The molecule has 0 amide bonds. The van der Waals surface area contributed by atoms with Gasteiger partial charge in [-0.1, -0.05) is 11.6 Å². The average Bonchev–Trinajstić information content (AvgIpc) is 2.39. The van der Waals surface area contributed by atoms with E-state index in [4.69, 9.17) is 11.6 Å². The predicted molar refractivity (Wildman–Crippen MR) is 91.9 cm³/mol. The molecule has 2 aromatic rings. The second-order valence-electron chi connectivity index (χ2n) is 4.60. The van der Waals surface area contributed by atoms with E-state index in [1.807, 2.05) is 18.2 Å². The summed E-state index contributed by atoms with van der Waals surface area (Å²) in [6.45, 7) is 3.78. The van der Waals surface area contributed by atoms with Crippen molar-refractivity contribution in [2.45, 2.75) is 20.4 Å². The smallest absolute Gasteiger partial charge is 0.278 e. The lowest BCUT2D eigenvalue weighted by Gasteiger charge is -2.11. The van der Waals surface area contributed by atoms with E-state index in [0.29, 0.717) is 28.4 Å². The summed E-state index contributed by atoms with van der Waals surface area (Å²) in [4.78, 5) is 15.0. The highest BCUT2D eigenvalue weighted by Crippen LogP contribution is 2.27. The topological polar surface area (TPSA) is 68.1 Å². The molecule has 0 unspecified atom stereocenters. The Labute approximate surface area is 141 Å². The fourth-order valence-corrected chi connectivity index (χ4v) is 2.96. The lowest BCUT2D eigenvalue weighted by Crippen LogP contribution is -2.07. The van der Waals surface area contributed by atoms with Crippen LogP contribution in [0.1, 0.15) is 16.8 Å². The Morgan fingerprint density at radius 1 is 1.43 bits per heavy atom. The minimum Gasteiger partial charge on any atom is -0.378 e. The molecule has 0 spiro atoms. The largest absolute Gasteiger partial charge is 0.378 e. The molecule has 1 aromatic carbocycles. The number of hydrogen-bond acceptors (Lipinski definition) is 4. The van der Waals surface area contributed by atoms with Crippen molar-refractivity contribution in [2.24, 2.45) is 0 Å². The highest BCUT2D eigenvalue weighted by molar-refractivity contribution is 14.1. The van der Waals surface area contributed by atoms with Gasteiger partial charge in [0.25, 0.3) is 5.69 Å². The van der Waals surface area contributed by atoms with Crippen molar-refractivity contribution < 1.29 is 4.92 Å². The normalized spacial score (nSPS) is 10.5. The summed E-state index contributed by atoms with van der Waals surface area (Å²) >= 11 is 8.33. The van der Waals surface area contributed by atoms with E-state index >= 15 is 0 Å². The number of rotatable bonds is 4. The summed E-state index contributed by atoms with van der Waals surface area (Å²) in [5, 5.41) is 14.9. The molecule has 0 bridgehead atoms.